The highest BCUT2D eigenvalue weighted by Gasteiger charge is 2.12. The van der Waals surface area contributed by atoms with E-state index < -0.39 is 6.03 Å². The minimum atomic E-state index is -0.590. The maximum Gasteiger partial charge on any atom is 0.322 e. The molecule has 3 amide bonds. The molecule has 0 spiro atoms. The molecular formula is C17H18ClN3O3S. The van der Waals surface area contributed by atoms with Crippen LogP contribution in [0.1, 0.15) is 15.9 Å². The van der Waals surface area contributed by atoms with Crippen molar-refractivity contribution in [2.45, 2.75) is 11.3 Å². The monoisotopic (exact) mass is 379 g/mol. The van der Waals surface area contributed by atoms with Gasteiger partial charge in [-0.15, -0.1) is 0 Å². The van der Waals surface area contributed by atoms with Gasteiger partial charge >= 0.3 is 6.03 Å². The molecule has 2 aromatic rings. The SMILES string of the molecule is COc1ccc(Cl)cc1C(=O)NCCc1ccc(SNC(N)=O)cc1. The lowest BCUT2D eigenvalue weighted by molar-refractivity contribution is 0.0951. The minimum absolute atomic E-state index is 0.239. The van der Waals surface area contributed by atoms with Crippen LogP contribution in [-0.2, 0) is 6.42 Å². The normalized spacial score (nSPS) is 10.2. The molecule has 2 aromatic carbocycles. The first-order valence-electron chi connectivity index (χ1n) is 7.42. The summed E-state index contributed by atoms with van der Waals surface area (Å²) in [6.45, 7) is 0.473. The van der Waals surface area contributed by atoms with E-state index in [2.05, 4.69) is 10.0 Å². The van der Waals surface area contributed by atoms with Gasteiger partial charge in [-0.1, -0.05) is 23.7 Å². The number of nitrogens with two attached hydrogens (primary N) is 1. The van der Waals surface area contributed by atoms with Crippen molar-refractivity contribution in [3.63, 3.8) is 0 Å². The van der Waals surface area contributed by atoms with Gasteiger partial charge in [0.2, 0.25) is 0 Å². The Morgan fingerprint density at radius 2 is 1.92 bits per heavy atom. The zero-order valence-electron chi connectivity index (χ0n) is 13.5. The van der Waals surface area contributed by atoms with Crippen molar-refractivity contribution in [2.75, 3.05) is 13.7 Å². The zero-order valence-corrected chi connectivity index (χ0v) is 15.1. The third kappa shape index (κ3) is 5.88. The molecule has 132 valence electrons. The molecule has 0 saturated heterocycles. The molecule has 0 bridgehead atoms. The standard InChI is InChI=1S/C17H18ClN3O3S/c1-24-15-7-4-12(18)10-14(15)16(22)20-9-8-11-2-5-13(6-3-11)25-21-17(19)23/h2-7,10H,8-9H2,1H3,(H,20,22)(H3,19,21,23). The second-order valence-electron chi connectivity index (χ2n) is 5.06. The van der Waals surface area contributed by atoms with Crippen LogP contribution < -0.4 is 20.5 Å². The molecule has 0 atom stereocenters. The maximum absolute atomic E-state index is 12.3. The van der Waals surface area contributed by atoms with Crippen LogP contribution in [0.5, 0.6) is 5.75 Å². The van der Waals surface area contributed by atoms with E-state index in [1.54, 1.807) is 18.2 Å². The Balaban J connectivity index is 1.87. The Kier molecular flexibility index (Phi) is 6.97. The zero-order chi connectivity index (χ0) is 18.2. The molecule has 0 aliphatic heterocycles. The van der Waals surface area contributed by atoms with Crippen molar-refractivity contribution >= 4 is 35.5 Å². The van der Waals surface area contributed by atoms with E-state index in [1.165, 1.54) is 7.11 Å². The van der Waals surface area contributed by atoms with E-state index in [9.17, 15) is 9.59 Å². The molecule has 8 heteroatoms. The van der Waals surface area contributed by atoms with Crippen LogP contribution in [0, 0.1) is 0 Å². The van der Waals surface area contributed by atoms with Gasteiger partial charge in [-0.25, -0.2) is 4.79 Å². The summed E-state index contributed by atoms with van der Waals surface area (Å²) in [7, 11) is 1.51. The van der Waals surface area contributed by atoms with Gasteiger partial charge in [-0.2, -0.15) is 0 Å². The Hall–Kier alpha value is -2.38. The molecule has 0 radical (unpaired) electrons. The smallest absolute Gasteiger partial charge is 0.322 e. The average molecular weight is 380 g/mol. The number of amides is 3. The summed E-state index contributed by atoms with van der Waals surface area (Å²) in [6.07, 6.45) is 0.669. The summed E-state index contributed by atoms with van der Waals surface area (Å²) in [5.41, 5.74) is 6.47. The minimum Gasteiger partial charge on any atom is -0.496 e. The predicted octanol–water partition coefficient (Wildman–Crippen LogP) is 3.00. The summed E-state index contributed by atoms with van der Waals surface area (Å²) in [5.74, 6) is 0.238. The van der Waals surface area contributed by atoms with Gasteiger partial charge < -0.3 is 15.8 Å². The summed E-state index contributed by atoms with van der Waals surface area (Å²) in [6, 6.07) is 11.9. The van der Waals surface area contributed by atoms with E-state index in [0.29, 0.717) is 29.3 Å². The first-order valence-corrected chi connectivity index (χ1v) is 8.62. The van der Waals surface area contributed by atoms with Crippen molar-refractivity contribution in [3.8, 4) is 5.75 Å². The van der Waals surface area contributed by atoms with Gasteiger partial charge in [0.15, 0.2) is 0 Å². The average Bonchev–Trinajstić information content (AvgIpc) is 2.60. The quantitative estimate of drug-likeness (QED) is 0.644. The fourth-order valence-electron chi connectivity index (χ4n) is 2.11. The molecule has 0 aromatic heterocycles. The number of hydrogen-bond donors (Lipinski definition) is 3. The summed E-state index contributed by atoms with van der Waals surface area (Å²) in [4.78, 5) is 23.8. The molecule has 2 rings (SSSR count). The van der Waals surface area contributed by atoms with Gasteiger partial charge in [0, 0.05) is 16.5 Å². The number of benzene rings is 2. The Labute approximate surface area is 155 Å². The molecule has 0 heterocycles. The van der Waals surface area contributed by atoms with Crippen molar-refractivity contribution in [1.82, 2.24) is 10.0 Å². The fraction of sp³-hybridized carbons (Fsp3) is 0.176. The lowest BCUT2D eigenvalue weighted by Crippen LogP contribution is -2.26. The number of rotatable bonds is 7. The van der Waals surface area contributed by atoms with Crippen LogP contribution >= 0.6 is 23.5 Å². The topological polar surface area (TPSA) is 93.4 Å². The lowest BCUT2D eigenvalue weighted by atomic mass is 10.1. The van der Waals surface area contributed by atoms with E-state index in [-0.39, 0.29) is 5.91 Å². The van der Waals surface area contributed by atoms with Crippen LogP contribution in [0.25, 0.3) is 0 Å². The number of carbonyl (C=O) groups is 2. The fourth-order valence-corrected chi connectivity index (χ4v) is 2.77. The number of urea groups is 1. The number of methoxy groups -OCH3 is 1. The second-order valence-corrected chi connectivity index (χ2v) is 6.38. The van der Waals surface area contributed by atoms with Crippen molar-refractivity contribution in [3.05, 3.63) is 58.6 Å². The van der Waals surface area contributed by atoms with Crippen molar-refractivity contribution < 1.29 is 14.3 Å². The molecule has 6 nitrogen and oxygen atoms in total. The van der Waals surface area contributed by atoms with E-state index >= 15 is 0 Å². The number of halogens is 1. The number of ether oxygens (including phenoxy) is 1. The summed E-state index contributed by atoms with van der Waals surface area (Å²) < 4.78 is 7.63. The molecule has 0 fully saturated rings. The third-order valence-corrected chi connectivity index (χ3v) is 4.34. The molecule has 0 unspecified atom stereocenters. The Morgan fingerprint density at radius 3 is 2.56 bits per heavy atom. The maximum atomic E-state index is 12.3. The molecule has 0 aliphatic carbocycles. The number of primary amides is 1. The van der Waals surface area contributed by atoms with E-state index in [4.69, 9.17) is 22.1 Å². The molecule has 25 heavy (non-hydrogen) atoms. The predicted molar refractivity (Wildman–Crippen MR) is 99.1 cm³/mol. The van der Waals surface area contributed by atoms with Crippen LogP contribution in [-0.4, -0.2) is 25.6 Å². The third-order valence-electron chi connectivity index (χ3n) is 3.30. The largest absolute Gasteiger partial charge is 0.496 e. The molecule has 4 N–H and O–H groups in total. The summed E-state index contributed by atoms with van der Waals surface area (Å²) >= 11 is 7.08. The highest BCUT2D eigenvalue weighted by molar-refractivity contribution is 7.98. The van der Waals surface area contributed by atoms with Crippen LogP contribution in [0.4, 0.5) is 4.79 Å². The number of nitrogens with one attached hydrogen (secondary N) is 2. The van der Waals surface area contributed by atoms with Crippen LogP contribution in [0.3, 0.4) is 0 Å². The molecular weight excluding hydrogens is 362 g/mol. The van der Waals surface area contributed by atoms with Crippen molar-refractivity contribution in [2.24, 2.45) is 5.73 Å². The van der Waals surface area contributed by atoms with Gasteiger partial charge in [0.05, 0.1) is 12.7 Å². The Bertz CT molecular complexity index is 753. The van der Waals surface area contributed by atoms with Crippen LogP contribution in [0.2, 0.25) is 5.02 Å². The number of hydrogen-bond acceptors (Lipinski definition) is 4. The first-order chi connectivity index (χ1) is 12.0. The highest BCUT2D eigenvalue weighted by atomic mass is 35.5. The molecule has 0 aliphatic rings. The Morgan fingerprint density at radius 1 is 1.20 bits per heavy atom. The lowest BCUT2D eigenvalue weighted by Gasteiger charge is -2.10. The highest BCUT2D eigenvalue weighted by Crippen LogP contribution is 2.22. The van der Waals surface area contributed by atoms with Gasteiger partial charge in [0.1, 0.15) is 5.75 Å². The number of carbonyl (C=O) groups excluding carboxylic acids is 2. The van der Waals surface area contributed by atoms with Gasteiger partial charge in [0.25, 0.3) is 5.91 Å². The van der Waals surface area contributed by atoms with Crippen molar-refractivity contribution in [1.29, 1.82) is 0 Å². The van der Waals surface area contributed by atoms with Crippen LogP contribution in [0.15, 0.2) is 47.4 Å². The summed E-state index contributed by atoms with van der Waals surface area (Å²) in [5, 5.41) is 3.32. The van der Waals surface area contributed by atoms with E-state index in [1.807, 2.05) is 24.3 Å². The van der Waals surface area contributed by atoms with Gasteiger partial charge in [-0.3, -0.25) is 9.52 Å². The van der Waals surface area contributed by atoms with E-state index in [0.717, 1.165) is 22.4 Å². The second kappa shape index (κ2) is 9.19. The first kappa shape index (κ1) is 19.0. The van der Waals surface area contributed by atoms with Gasteiger partial charge in [-0.05, 0) is 54.3 Å². The molecule has 0 saturated carbocycles.